The fourth-order valence-electron chi connectivity index (χ4n) is 2.20. The van der Waals surface area contributed by atoms with Crippen molar-refractivity contribution < 1.29 is 13.2 Å². The number of nitrogens with one attached hydrogen (secondary N) is 1. The van der Waals surface area contributed by atoms with E-state index in [-0.39, 0.29) is 12.0 Å². The van der Waals surface area contributed by atoms with Crippen molar-refractivity contribution in [3.63, 3.8) is 0 Å². The molecule has 0 aliphatic carbocycles. The third kappa shape index (κ3) is 3.74. The number of likely N-dealkylation sites (N-methyl/N-ethyl adjacent to an activating group) is 1. The molecule has 1 heterocycles. The van der Waals surface area contributed by atoms with Crippen LogP contribution >= 0.6 is 11.6 Å². The highest BCUT2D eigenvalue weighted by Gasteiger charge is 2.22. The molecule has 0 radical (unpaired) electrons. The summed E-state index contributed by atoms with van der Waals surface area (Å²) in [5, 5.41) is 3.41. The Labute approximate surface area is 126 Å². The summed E-state index contributed by atoms with van der Waals surface area (Å²) in [5.41, 5.74) is 0.520. The summed E-state index contributed by atoms with van der Waals surface area (Å²) in [6.07, 6.45) is 3.30. The van der Waals surface area contributed by atoms with Gasteiger partial charge in [0.15, 0.2) is 0 Å². The van der Waals surface area contributed by atoms with Crippen molar-refractivity contribution >= 4 is 11.6 Å². The average molecular weight is 315 g/mol. The molecule has 0 fully saturated rings. The molecule has 2 aromatic rings. The number of hydrogen-bond donors (Lipinski definition) is 1. The van der Waals surface area contributed by atoms with Crippen LogP contribution in [0.5, 0.6) is 0 Å². The molecule has 0 bridgehead atoms. The van der Waals surface area contributed by atoms with Gasteiger partial charge in [0.1, 0.15) is 17.5 Å². The number of pyridine rings is 1. The zero-order valence-electron chi connectivity index (χ0n) is 11.3. The van der Waals surface area contributed by atoms with E-state index in [9.17, 15) is 13.2 Å². The van der Waals surface area contributed by atoms with Gasteiger partial charge in [-0.3, -0.25) is 4.98 Å². The SMILES string of the molecule is CCNC(Cc1ccncc1Cl)c1c(F)cc(F)cc1F. The van der Waals surface area contributed by atoms with Gasteiger partial charge >= 0.3 is 0 Å². The van der Waals surface area contributed by atoms with Gasteiger partial charge in [-0.25, -0.2) is 13.2 Å². The summed E-state index contributed by atoms with van der Waals surface area (Å²) in [6.45, 7) is 2.32. The maximum Gasteiger partial charge on any atom is 0.133 e. The van der Waals surface area contributed by atoms with Crippen molar-refractivity contribution in [2.75, 3.05) is 6.54 Å². The van der Waals surface area contributed by atoms with Gasteiger partial charge in [0.05, 0.1) is 5.02 Å². The minimum Gasteiger partial charge on any atom is -0.310 e. The highest BCUT2D eigenvalue weighted by Crippen LogP contribution is 2.27. The van der Waals surface area contributed by atoms with Crippen molar-refractivity contribution in [1.29, 1.82) is 0 Å². The Morgan fingerprint density at radius 2 is 1.90 bits per heavy atom. The second kappa shape index (κ2) is 6.91. The molecule has 6 heteroatoms. The molecule has 1 aromatic heterocycles. The molecule has 0 aliphatic rings. The number of halogens is 4. The van der Waals surface area contributed by atoms with Crippen LogP contribution < -0.4 is 5.32 Å². The Morgan fingerprint density at radius 3 is 2.48 bits per heavy atom. The molecule has 1 N–H and O–H groups in total. The molecule has 2 nitrogen and oxygen atoms in total. The van der Waals surface area contributed by atoms with Crippen LogP contribution in [0.15, 0.2) is 30.6 Å². The number of aromatic nitrogens is 1. The van der Waals surface area contributed by atoms with E-state index < -0.39 is 23.5 Å². The summed E-state index contributed by atoms with van der Waals surface area (Å²) in [4.78, 5) is 3.87. The molecule has 0 aliphatic heterocycles. The smallest absolute Gasteiger partial charge is 0.133 e. The van der Waals surface area contributed by atoms with Crippen LogP contribution in [0.1, 0.15) is 24.1 Å². The van der Waals surface area contributed by atoms with Crippen LogP contribution in [-0.2, 0) is 6.42 Å². The van der Waals surface area contributed by atoms with Crippen molar-refractivity contribution in [1.82, 2.24) is 10.3 Å². The summed E-state index contributed by atoms with van der Waals surface area (Å²) >= 11 is 6.02. The zero-order valence-corrected chi connectivity index (χ0v) is 12.1. The molecule has 112 valence electrons. The number of hydrogen-bond acceptors (Lipinski definition) is 2. The topological polar surface area (TPSA) is 24.9 Å². The molecule has 1 aromatic carbocycles. The number of nitrogens with zero attached hydrogens (tertiary/aromatic N) is 1. The van der Waals surface area contributed by atoms with Crippen LogP contribution in [0.2, 0.25) is 5.02 Å². The lowest BCUT2D eigenvalue weighted by atomic mass is 9.98. The average Bonchev–Trinajstić information content (AvgIpc) is 2.40. The van der Waals surface area contributed by atoms with Crippen LogP contribution in [-0.4, -0.2) is 11.5 Å². The second-order valence-corrected chi connectivity index (χ2v) is 4.97. The minimum absolute atomic E-state index is 0.189. The molecule has 0 spiro atoms. The maximum atomic E-state index is 13.9. The predicted octanol–water partition coefficient (Wildman–Crippen LogP) is 4.05. The van der Waals surface area contributed by atoms with E-state index in [0.29, 0.717) is 29.3 Å². The summed E-state index contributed by atoms with van der Waals surface area (Å²) in [6, 6.07) is 2.40. The van der Waals surface area contributed by atoms with Crippen molar-refractivity contribution in [3.05, 3.63) is 64.2 Å². The van der Waals surface area contributed by atoms with Gasteiger partial charge in [-0.1, -0.05) is 18.5 Å². The number of rotatable bonds is 5. The second-order valence-electron chi connectivity index (χ2n) is 4.56. The maximum absolute atomic E-state index is 13.9. The van der Waals surface area contributed by atoms with E-state index in [1.54, 1.807) is 12.3 Å². The van der Waals surface area contributed by atoms with Crippen LogP contribution in [0.3, 0.4) is 0 Å². The summed E-state index contributed by atoms with van der Waals surface area (Å²) in [7, 11) is 0. The molecular formula is C15H14ClF3N2. The normalized spacial score (nSPS) is 12.4. The highest BCUT2D eigenvalue weighted by molar-refractivity contribution is 6.31. The standard InChI is InChI=1S/C15H14ClF3N2/c1-2-21-14(5-9-3-4-20-8-11(9)16)15-12(18)6-10(17)7-13(15)19/h3-4,6-8,14,21H,2,5H2,1H3. The molecule has 0 saturated heterocycles. The van der Waals surface area contributed by atoms with Crippen LogP contribution in [0, 0.1) is 17.5 Å². The predicted molar refractivity (Wildman–Crippen MR) is 75.7 cm³/mol. The first-order valence-corrected chi connectivity index (χ1v) is 6.87. The third-order valence-corrected chi connectivity index (χ3v) is 3.46. The Kier molecular flexibility index (Phi) is 5.20. The van der Waals surface area contributed by atoms with Gasteiger partial charge in [-0.15, -0.1) is 0 Å². The van der Waals surface area contributed by atoms with Gasteiger partial charge in [0, 0.05) is 36.1 Å². The quantitative estimate of drug-likeness (QED) is 0.900. The monoisotopic (exact) mass is 314 g/mol. The first-order valence-electron chi connectivity index (χ1n) is 6.49. The Bertz CT molecular complexity index is 611. The molecule has 1 atom stereocenters. The summed E-state index contributed by atoms with van der Waals surface area (Å²) < 4.78 is 40.9. The largest absolute Gasteiger partial charge is 0.310 e. The lowest BCUT2D eigenvalue weighted by Crippen LogP contribution is -2.25. The van der Waals surface area contributed by atoms with Gasteiger partial charge in [-0.05, 0) is 24.6 Å². The summed E-state index contributed by atoms with van der Waals surface area (Å²) in [5.74, 6) is -2.77. The van der Waals surface area contributed by atoms with Crippen molar-refractivity contribution in [2.24, 2.45) is 0 Å². The van der Waals surface area contributed by atoms with Gasteiger partial charge in [0.25, 0.3) is 0 Å². The van der Waals surface area contributed by atoms with E-state index in [2.05, 4.69) is 10.3 Å². The lowest BCUT2D eigenvalue weighted by molar-refractivity contribution is 0.462. The molecule has 0 amide bonds. The Morgan fingerprint density at radius 1 is 1.24 bits per heavy atom. The zero-order chi connectivity index (χ0) is 15.4. The van der Waals surface area contributed by atoms with E-state index >= 15 is 0 Å². The first kappa shape index (κ1) is 15.8. The Hall–Kier alpha value is -1.59. The van der Waals surface area contributed by atoms with Gasteiger partial charge < -0.3 is 5.32 Å². The van der Waals surface area contributed by atoms with Crippen LogP contribution in [0.4, 0.5) is 13.2 Å². The van der Waals surface area contributed by atoms with Crippen LogP contribution in [0.25, 0.3) is 0 Å². The fourth-order valence-corrected chi connectivity index (χ4v) is 2.39. The van der Waals surface area contributed by atoms with Crippen molar-refractivity contribution in [2.45, 2.75) is 19.4 Å². The van der Waals surface area contributed by atoms with E-state index in [0.717, 1.165) is 0 Å². The Balaban J connectivity index is 2.38. The van der Waals surface area contributed by atoms with E-state index in [1.165, 1.54) is 6.20 Å². The van der Waals surface area contributed by atoms with Gasteiger partial charge in [0.2, 0.25) is 0 Å². The minimum atomic E-state index is -0.939. The lowest BCUT2D eigenvalue weighted by Gasteiger charge is -2.20. The molecule has 1 unspecified atom stereocenters. The number of benzene rings is 1. The molecule has 0 saturated carbocycles. The van der Waals surface area contributed by atoms with Gasteiger partial charge in [-0.2, -0.15) is 0 Å². The van der Waals surface area contributed by atoms with Crippen molar-refractivity contribution in [3.8, 4) is 0 Å². The molecule has 21 heavy (non-hydrogen) atoms. The molecule has 2 rings (SSSR count). The highest BCUT2D eigenvalue weighted by atomic mass is 35.5. The first-order chi connectivity index (χ1) is 10.0. The molecular weight excluding hydrogens is 301 g/mol. The van der Waals surface area contributed by atoms with E-state index in [4.69, 9.17) is 11.6 Å². The fraction of sp³-hybridized carbons (Fsp3) is 0.267. The third-order valence-electron chi connectivity index (χ3n) is 3.12. The van der Waals surface area contributed by atoms with E-state index in [1.807, 2.05) is 6.92 Å².